The number of methoxy groups -OCH3 is 1. The summed E-state index contributed by atoms with van der Waals surface area (Å²) in [6.45, 7) is 0.463. The number of carbonyl (C=O) groups is 1. The van der Waals surface area contributed by atoms with Crippen LogP contribution < -0.4 is 10.1 Å². The van der Waals surface area contributed by atoms with Crippen LogP contribution in [0, 0.1) is 0 Å². The van der Waals surface area contributed by atoms with Gasteiger partial charge in [-0.1, -0.05) is 18.2 Å². The van der Waals surface area contributed by atoms with Crippen LogP contribution in [0.1, 0.15) is 15.2 Å². The number of carbonyl (C=O) groups excluding carboxylic acids is 1. The van der Waals surface area contributed by atoms with E-state index in [9.17, 15) is 4.79 Å². The summed E-state index contributed by atoms with van der Waals surface area (Å²) in [5.74, 6) is 0.707. The summed E-state index contributed by atoms with van der Waals surface area (Å²) in [6.07, 6.45) is 1.80. The van der Waals surface area contributed by atoms with Crippen molar-refractivity contribution in [2.24, 2.45) is 0 Å². The minimum atomic E-state index is -0.0755. The highest BCUT2D eigenvalue weighted by Gasteiger charge is 2.11. The summed E-state index contributed by atoms with van der Waals surface area (Å²) >= 11 is 1.48. The Labute approximate surface area is 154 Å². The van der Waals surface area contributed by atoms with Crippen molar-refractivity contribution < 1.29 is 9.53 Å². The van der Waals surface area contributed by atoms with E-state index in [0.717, 1.165) is 32.7 Å². The Morgan fingerprint density at radius 3 is 3.00 bits per heavy atom. The van der Waals surface area contributed by atoms with Gasteiger partial charge in [0.25, 0.3) is 5.91 Å². The Kier molecular flexibility index (Phi) is 4.41. The van der Waals surface area contributed by atoms with Crippen molar-refractivity contribution in [2.75, 3.05) is 7.11 Å². The van der Waals surface area contributed by atoms with Crippen molar-refractivity contribution >= 4 is 28.1 Å². The fourth-order valence-electron chi connectivity index (χ4n) is 2.76. The van der Waals surface area contributed by atoms with Gasteiger partial charge in [0.05, 0.1) is 23.7 Å². The molecule has 0 aliphatic rings. The molecule has 2 heterocycles. The maximum Gasteiger partial charge on any atom is 0.261 e. The van der Waals surface area contributed by atoms with Crippen LogP contribution in [0.15, 0.2) is 60.8 Å². The quantitative estimate of drug-likeness (QED) is 0.558. The van der Waals surface area contributed by atoms with Crippen molar-refractivity contribution in [3.8, 4) is 16.2 Å². The van der Waals surface area contributed by atoms with Gasteiger partial charge in [-0.3, -0.25) is 9.89 Å². The molecular weight excluding hydrogens is 346 g/mol. The number of rotatable bonds is 5. The lowest BCUT2D eigenvalue weighted by Gasteiger charge is -2.06. The molecule has 1 amide bonds. The fourth-order valence-corrected chi connectivity index (χ4v) is 3.68. The number of nitrogens with zero attached hydrogens (tertiary/aromatic N) is 1. The molecule has 26 heavy (non-hydrogen) atoms. The van der Waals surface area contributed by atoms with Crippen LogP contribution in [0.2, 0.25) is 0 Å². The molecule has 0 aliphatic carbocycles. The second-order valence-electron chi connectivity index (χ2n) is 5.87. The molecular formula is C20H17N3O2S. The minimum absolute atomic E-state index is 0.0755. The predicted molar refractivity (Wildman–Crippen MR) is 104 cm³/mol. The zero-order chi connectivity index (χ0) is 17.9. The molecule has 4 rings (SSSR count). The lowest BCUT2D eigenvalue weighted by Crippen LogP contribution is -2.21. The van der Waals surface area contributed by atoms with E-state index >= 15 is 0 Å². The van der Waals surface area contributed by atoms with Crippen molar-refractivity contribution in [3.05, 3.63) is 71.2 Å². The zero-order valence-corrected chi connectivity index (χ0v) is 15.0. The van der Waals surface area contributed by atoms with Crippen LogP contribution in [0.4, 0.5) is 0 Å². The van der Waals surface area contributed by atoms with Crippen molar-refractivity contribution in [1.29, 1.82) is 0 Å². The second-order valence-corrected chi connectivity index (χ2v) is 6.95. The molecule has 0 saturated heterocycles. The third-order valence-corrected chi connectivity index (χ3v) is 5.27. The Morgan fingerprint density at radius 2 is 2.12 bits per heavy atom. The van der Waals surface area contributed by atoms with Crippen LogP contribution in [0.3, 0.4) is 0 Å². The van der Waals surface area contributed by atoms with Crippen LogP contribution in [0.25, 0.3) is 21.3 Å². The number of benzene rings is 2. The number of aromatic amines is 1. The highest BCUT2D eigenvalue weighted by molar-refractivity contribution is 7.17. The molecule has 0 aliphatic heterocycles. The number of hydrogen-bond donors (Lipinski definition) is 2. The van der Waals surface area contributed by atoms with Gasteiger partial charge in [0, 0.05) is 16.8 Å². The number of thiophene rings is 1. The molecule has 0 unspecified atom stereocenters. The molecule has 130 valence electrons. The topological polar surface area (TPSA) is 67.0 Å². The van der Waals surface area contributed by atoms with Crippen LogP contribution in [-0.4, -0.2) is 23.2 Å². The normalized spacial score (nSPS) is 10.8. The summed E-state index contributed by atoms with van der Waals surface area (Å²) < 4.78 is 5.21. The van der Waals surface area contributed by atoms with Gasteiger partial charge >= 0.3 is 0 Å². The average molecular weight is 363 g/mol. The predicted octanol–water partition coefficient (Wildman–Crippen LogP) is 4.23. The Balaban J connectivity index is 1.47. The first kappa shape index (κ1) is 16.4. The second kappa shape index (κ2) is 7.01. The first-order chi connectivity index (χ1) is 12.7. The van der Waals surface area contributed by atoms with Gasteiger partial charge in [0.2, 0.25) is 0 Å². The van der Waals surface area contributed by atoms with Crippen LogP contribution in [-0.2, 0) is 6.54 Å². The Bertz CT molecular complexity index is 1070. The molecule has 2 aromatic heterocycles. The Hall–Kier alpha value is -3.12. The highest BCUT2D eigenvalue weighted by atomic mass is 32.1. The van der Waals surface area contributed by atoms with Gasteiger partial charge in [-0.05, 0) is 47.5 Å². The number of amides is 1. The van der Waals surface area contributed by atoms with Gasteiger partial charge in [0.15, 0.2) is 0 Å². The highest BCUT2D eigenvalue weighted by Crippen LogP contribution is 2.30. The minimum Gasteiger partial charge on any atom is -0.497 e. The molecule has 0 saturated carbocycles. The summed E-state index contributed by atoms with van der Waals surface area (Å²) in [4.78, 5) is 14.2. The average Bonchev–Trinajstić information content (AvgIpc) is 3.35. The SMILES string of the molecule is COc1cccc(CNC(=O)c2ccc(-c3ccc4[nH]ncc4c3)s2)c1. The molecule has 4 aromatic rings. The fraction of sp³-hybridized carbons (Fsp3) is 0.100. The maximum atomic E-state index is 12.4. The molecule has 6 heteroatoms. The standard InChI is InChI=1S/C20H17N3O2S/c1-25-16-4-2-3-13(9-16)11-21-20(24)19-8-7-18(26-19)14-5-6-17-15(10-14)12-22-23-17/h2-10,12H,11H2,1H3,(H,21,24)(H,22,23). The third-order valence-electron chi connectivity index (χ3n) is 4.14. The van der Waals surface area contributed by atoms with Crippen LogP contribution in [0.5, 0.6) is 5.75 Å². The van der Waals surface area contributed by atoms with E-state index in [1.807, 2.05) is 48.5 Å². The zero-order valence-electron chi connectivity index (χ0n) is 14.2. The molecule has 0 fully saturated rings. The monoisotopic (exact) mass is 363 g/mol. The first-order valence-corrected chi connectivity index (χ1v) is 8.99. The molecule has 5 nitrogen and oxygen atoms in total. The van der Waals surface area contributed by atoms with E-state index in [4.69, 9.17) is 4.74 Å². The molecule has 0 radical (unpaired) electrons. The van der Waals surface area contributed by atoms with Crippen LogP contribution >= 0.6 is 11.3 Å². The summed E-state index contributed by atoms with van der Waals surface area (Å²) in [6, 6.07) is 17.6. The number of hydrogen-bond acceptors (Lipinski definition) is 4. The summed E-state index contributed by atoms with van der Waals surface area (Å²) in [5, 5.41) is 11.0. The lowest BCUT2D eigenvalue weighted by atomic mass is 10.1. The largest absolute Gasteiger partial charge is 0.497 e. The molecule has 2 aromatic carbocycles. The first-order valence-electron chi connectivity index (χ1n) is 8.17. The number of fused-ring (bicyclic) bond motifs is 1. The lowest BCUT2D eigenvalue weighted by molar-refractivity contribution is 0.0955. The smallest absolute Gasteiger partial charge is 0.261 e. The summed E-state index contributed by atoms with van der Waals surface area (Å²) in [7, 11) is 1.63. The van der Waals surface area contributed by atoms with E-state index in [1.165, 1.54) is 11.3 Å². The molecule has 0 bridgehead atoms. The maximum absolute atomic E-state index is 12.4. The number of H-pyrrole nitrogens is 1. The van der Waals surface area contributed by atoms with Gasteiger partial charge in [0.1, 0.15) is 5.75 Å². The van der Waals surface area contributed by atoms with E-state index < -0.39 is 0 Å². The Morgan fingerprint density at radius 1 is 1.19 bits per heavy atom. The van der Waals surface area contributed by atoms with Crippen molar-refractivity contribution in [1.82, 2.24) is 15.5 Å². The van der Waals surface area contributed by atoms with E-state index in [2.05, 4.69) is 21.6 Å². The van der Waals surface area contributed by atoms with E-state index in [-0.39, 0.29) is 5.91 Å². The number of aromatic nitrogens is 2. The van der Waals surface area contributed by atoms with Gasteiger partial charge in [-0.25, -0.2) is 0 Å². The van der Waals surface area contributed by atoms with Crippen molar-refractivity contribution in [3.63, 3.8) is 0 Å². The number of nitrogens with one attached hydrogen (secondary N) is 2. The molecule has 0 atom stereocenters. The van der Waals surface area contributed by atoms with Gasteiger partial charge in [-0.2, -0.15) is 5.10 Å². The van der Waals surface area contributed by atoms with Gasteiger partial charge in [-0.15, -0.1) is 11.3 Å². The van der Waals surface area contributed by atoms with E-state index in [1.54, 1.807) is 13.3 Å². The summed E-state index contributed by atoms with van der Waals surface area (Å²) in [5.41, 5.74) is 3.08. The molecule has 0 spiro atoms. The van der Waals surface area contributed by atoms with Gasteiger partial charge < -0.3 is 10.1 Å². The van der Waals surface area contributed by atoms with E-state index in [0.29, 0.717) is 11.4 Å². The third kappa shape index (κ3) is 3.32. The van der Waals surface area contributed by atoms with Crippen molar-refractivity contribution in [2.45, 2.75) is 6.54 Å². The molecule has 2 N–H and O–H groups in total. The number of ether oxygens (including phenoxy) is 1.